The number of nitrogens with two attached hydrogens (primary N) is 1. The van der Waals surface area contributed by atoms with Gasteiger partial charge in [0, 0.05) is 7.05 Å². The van der Waals surface area contributed by atoms with Gasteiger partial charge >= 0.3 is 5.69 Å². The van der Waals surface area contributed by atoms with Gasteiger partial charge in [0.05, 0.1) is 12.6 Å². The van der Waals surface area contributed by atoms with Crippen LogP contribution < -0.4 is 17.0 Å². The molecule has 88 valence electrons. The van der Waals surface area contributed by atoms with E-state index in [1.807, 2.05) is 0 Å². The Morgan fingerprint density at radius 1 is 1.50 bits per heavy atom. The number of nitrogens with zero attached hydrogens (tertiary/aromatic N) is 3. The number of nitroso groups, excluding NO2 is 1. The van der Waals surface area contributed by atoms with Gasteiger partial charge in [-0.05, 0) is 12.1 Å². The molecule has 1 heterocycles. The first-order chi connectivity index (χ1) is 7.40. The lowest BCUT2D eigenvalue weighted by atomic mass is 10.3. The van der Waals surface area contributed by atoms with E-state index >= 15 is 0 Å². The zero-order valence-corrected chi connectivity index (χ0v) is 8.88. The molecule has 1 unspecified atom stereocenters. The van der Waals surface area contributed by atoms with Crippen LogP contribution in [0.15, 0.2) is 14.8 Å². The third-order valence-electron chi connectivity index (χ3n) is 2.10. The molecule has 8 heteroatoms. The maximum atomic E-state index is 11.6. The van der Waals surface area contributed by atoms with Crippen LogP contribution in [0.5, 0.6) is 0 Å². The maximum Gasteiger partial charge on any atom is 0.332 e. The molecular formula is C8H12N4O4. The molecule has 0 radical (unpaired) electrons. The third kappa shape index (κ3) is 1.87. The summed E-state index contributed by atoms with van der Waals surface area (Å²) in [4.78, 5) is 33.4. The van der Waals surface area contributed by atoms with Crippen LogP contribution in [0, 0.1) is 4.91 Å². The fraction of sp³-hybridized carbons (Fsp3) is 0.500. The topological polar surface area (TPSA) is 120 Å². The highest BCUT2D eigenvalue weighted by Gasteiger charge is 2.16. The monoisotopic (exact) mass is 228 g/mol. The zero-order valence-electron chi connectivity index (χ0n) is 8.88. The molecular weight excluding hydrogens is 216 g/mol. The Bertz CT molecular complexity index is 528. The van der Waals surface area contributed by atoms with E-state index in [9.17, 15) is 14.5 Å². The molecule has 16 heavy (non-hydrogen) atoms. The molecule has 8 nitrogen and oxygen atoms in total. The van der Waals surface area contributed by atoms with Crippen LogP contribution in [-0.4, -0.2) is 20.3 Å². The number of rotatable bonds is 3. The van der Waals surface area contributed by atoms with Gasteiger partial charge < -0.3 is 10.8 Å². The molecule has 0 bridgehead atoms. The van der Waals surface area contributed by atoms with Crippen molar-refractivity contribution in [1.29, 1.82) is 0 Å². The molecule has 1 aromatic rings. The van der Waals surface area contributed by atoms with E-state index in [2.05, 4.69) is 5.18 Å². The average Bonchev–Trinajstić information content (AvgIpc) is 2.22. The number of aliphatic hydroxyl groups is 1. The van der Waals surface area contributed by atoms with Crippen molar-refractivity contribution in [2.75, 3.05) is 5.73 Å². The summed E-state index contributed by atoms with van der Waals surface area (Å²) in [5.41, 5.74) is 3.39. The Morgan fingerprint density at radius 2 is 2.06 bits per heavy atom. The van der Waals surface area contributed by atoms with E-state index in [-0.39, 0.29) is 12.4 Å². The quantitative estimate of drug-likeness (QED) is 0.637. The van der Waals surface area contributed by atoms with E-state index in [1.54, 1.807) is 0 Å². The highest BCUT2D eigenvalue weighted by molar-refractivity contribution is 5.55. The molecule has 0 aromatic carbocycles. The number of hydrogen-bond acceptors (Lipinski definition) is 6. The van der Waals surface area contributed by atoms with E-state index in [0.29, 0.717) is 0 Å². The molecule has 0 aliphatic rings. The van der Waals surface area contributed by atoms with Gasteiger partial charge in [-0.15, -0.1) is 4.91 Å². The molecule has 1 rings (SSSR count). The number of nitrogen functional groups attached to an aromatic ring is 1. The minimum Gasteiger partial charge on any atom is -0.392 e. The van der Waals surface area contributed by atoms with Crippen LogP contribution in [0.3, 0.4) is 0 Å². The van der Waals surface area contributed by atoms with Crippen molar-refractivity contribution in [3.05, 3.63) is 25.7 Å². The summed E-state index contributed by atoms with van der Waals surface area (Å²) in [5, 5.41) is 11.7. The van der Waals surface area contributed by atoms with Gasteiger partial charge in [-0.1, -0.05) is 0 Å². The van der Waals surface area contributed by atoms with Crippen molar-refractivity contribution in [3.8, 4) is 0 Å². The van der Waals surface area contributed by atoms with Crippen molar-refractivity contribution in [2.45, 2.75) is 19.6 Å². The maximum absolute atomic E-state index is 11.6. The molecule has 0 saturated heterocycles. The summed E-state index contributed by atoms with van der Waals surface area (Å²) in [6, 6.07) is 0. The van der Waals surface area contributed by atoms with Crippen LogP contribution in [0.4, 0.5) is 11.5 Å². The number of aromatic nitrogens is 2. The molecule has 1 atom stereocenters. The summed E-state index contributed by atoms with van der Waals surface area (Å²) < 4.78 is 1.65. The predicted octanol–water partition coefficient (Wildman–Crippen LogP) is -1.09. The van der Waals surface area contributed by atoms with Gasteiger partial charge in [-0.2, -0.15) is 0 Å². The minimum atomic E-state index is -0.848. The smallest absolute Gasteiger partial charge is 0.332 e. The van der Waals surface area contributed by atoms with Crippen molar-refractivity contribution in [3.63, 3.8) is 0 Å². The van der Waals surface area contributed by atoms with Gasteiger partial charge in [0.2, 0.25) is 5.69 Å². The number of hydrogen-bond donors (Lipinski definition) is 2. The zero-order chi connectivity index (χ0) is 12.5. The Labute approximate surface area is 89.9 Å². The van der Waals surface area contributed by atoms with Gasteiger partial charge in [0.25, 0.3) is 5.56 Å². The van der Waals surface area contributed by atoms with E-state index in [4.69, 9.17) is 10.8 Å². The number of anilines is 1. The second-order valence-corrected chi connectivity index (χ2v) is 3.43. The van der Waals surface area contributed by atoms with Crippen molar-refractivity contribution >= 4 is 11.5 Å². The van der Waals surface area contributed by atoms with Crippen molar-refractivity contribution < 1.29 is 5.11 Å². The first-order valence-corrected chi connectivity index (χ1v) is 4.50. The van der Waals surface area contributed by atoms with E-state index < -0.39 is 23.0 Å². The lowest BCUT2D eigenvalue weighted by molar-refractivity contribution is 0.171. The summed E-state index contributed by atoms with van der Waals surface area (Å²) in [6.45, 7) is 1.34. The first-order valence-electron chi connectivity index (χ1n) is 4.50. The molecule has 0 fully saturated rings. The summed E-state index contributed by atoms with van der Waals surface area (Å²) in [7, 11) is 1.21. The Hall–Kier alpha value is -1.96. The largest absolute Gasteiger partial charge is 0.392 e. The molecule has 3 N–H and O–H groups in total. The highest BCUT2D eigenvalue weighted by Crippen LogP contribution is 2.13. The molecule has 0 spiro atoms. The van der Waals surface area contributed by atoms with Gasteiger partial charge in [-0.3, -0.25) is 13.9 Å². The van der Waals surface area contributed by atoms with Crippen LogP contribution in [0.2, 0.25) is 0 Å². The van der Waals surface area contributed by atoms with Crippen molar-refractivity contribution in [1.82, 2.24) is 9.13 Å². The molecule has 0 aliphatic carbocycles. The number of aliphatic hydroxyl groups excluding tert-OH is 1. The van der Waals surface area contributed by atoms with Gasteiger partial charge in [-0.25, -0.2) is 4.79 Å². The van der Waals surface area contributed by atoms with Gasteiger partial charge in [0.15, 0.2) is 0 Å². The third-order valence-corrected chi connectivity index (χ3v) is 2.10. The van der Waals surface area contributed by atoms with Gasteiger partial charge in [0.1, 0.15) is 5.82 Å². The van der Waals surface area contributed by atoms with E-state index in [0.717, 1.165) is 9.13 Å². The fourth-order valence-corrected chi connectivity index (χ4v) is 1.29. The second kappa shape index (κ2) is 4.27. The van der Waals surface area contributed by atoms with Crippen LogP contribution >= 0.6 is 0 Å². The molecule has 0 saturated carbocycles. The summed E-state index contributed by atoms with van der Waals surface area (Å²) >= 11 is 0. The minimum absolute atomic E-state index is 0.110. The highest BCUT2D eigenvalue weighted by atomic mass is 16.3. The molecule has 1 aromatic heterocycles. The average molecular weight is 228 g/mol. The lowest BCUT2D eigenvalue weighted by Gasteiger charge is -2.13. The van der Waals surface area contributed by atoms with Crippen LogP contribution in [-0.2, 0) is 13.6 Å². The normalized spacial score (nSPS) is 12.4. The Kier molecular flexibility index (Phi) is 3.23. The summed E-state index contributed by atoms with van der Waals surface area (Å²) in [6.07, 6.45) is -0.836. The molecule has 0 amide bonds. The molecule has 0 aliphatic heterocycles. The standard InChI is InChI=1S/C8H12N4O4/c1-4(13)3-12-6(9)5(10-16)7(14)11(2)8(12)15/h4,13H,3,9H2,1-2H3. The summed E-state index contributed by atoms with van der Waals surface area (Å²) in [5.74, 6) is -0.330. The van der Waals surface area contributed by atoms with E-state index in [1.165, 1.54) is 14.0 Å². The Morgan fingerprint density at radius 3 is 2.50 bits per heavy atom. The fourth-order valence-electron chi connectivity index (χ4n) is 1.29. The predicted molar refractivity (Wildman–Crippen MR) is 57.5 cm³/mol. The van der Waals surface area contributed by atoms with Crippen LogP contribution in [0.25, 0.3) is 0 Å². The van der Waals surface area contributed by atoms with Crippen molar-refractivity contribution in [2.24, 2.45) is 12.2 Å². The Balaban J connectivity index is 3.62. The second-order valence-electron chi connectivity index (χ2n) is 3.43. The lowest BCUT2D eigenvalue weighted by Crippen LogP contribution is -2.40. The first kappa shape index (κ1) is 12.1. The van der Waals surface area contributed by atoms with Crippen LogP contribution in [0.1, 0.15) is 6.92 Å². The SMILES string of the molecule is CC(O)Cn1c(N)c(N=O)c(=O)n(C)c1=O.